The number of nitrogens with one attached hydrogen (secondary N) is 1. The van der Waals surface area contributed by atoms with Gasteiger partial charge in [-0.3, -0.25) is 9.69 Å². The number of rotatable bonds is 1. The number of carbonyl (C=O) groups is 1. The van der Waals surface area contributed by atoms with Crippen molar-refractivity contribution in [3.63, 3.8) is 0 Å². The molecular formula is C11H18N2O. The lowest BCUT2D eigenvalue weighted by Gasteiger charge is -2.31. The van der Waals surface area contributed by atoms with Gasteiger partial charge in [0, 0.05) is 19.2 Å². The molecule has 0 unspecified atom stereocenters. The molecule has 1 N–H and O–H groups in total. The first-order valence-corrected chi connectivity index (χ1v) is 5.47. The zero-order chi connectivity index (χ0) is 9.97. The lowest BCUT2D eigenvalue weighted by molar-refractivity contribution is -0.118. The van der Waals surface area contributed by atoms with E-state index in [0.717, 1.165) is 6.42 Å². The fraction of sp³-hybridized carbons (Fsp3) is 0.727. The first kappa shape index (κ1) is 9.71. The Hall–Kier alpha value is -0.830. The molecule has 0 saturated carbocycles. The van der Waals surface area contributed by atoms with Crippen molar-refractivity contribution in [1.82, 2.24) is 10.2 Å². The molecule has 3 nitrogen and oxygen atoms in total. The van der Waals surface area contributed by atoms with Gasteiger partial charge in [0.25, 0.3) is 0 Å². The monoisotopic (exact) mass is 194 g/mol. The Labute approximate surface area is 85.2 Å². The Kier molecular flexibility index (Phi) is 2.87. The molecule has 2 heterocycles. The number of hydrogen-bond donors (Lipinski definition) is 1. The zero-order valence-electron chi connectivity index (χ0n) is 8.75. The number of piperidine rings is 1. The number of carbonyl (C=O) groups excluding carboxylic acids is 1. The van der Waals surface area contributed by atoms with E-state index in [9.17, 15) is 4.79 Å². The third-order valence-electron chi connectivity index (χ3n) is 3.16. The molecule has 0 aliphatic carbocycles. The molecule has 0 spiro atoms. The van der Waals surface area contributed by atoms with Crippen LogP contribution < -0.4 is 5.32 Å². The minimum absolute atomic E-state index is 0.0348. The van der Waals surface area contributed by atoms with Crippen LogP contribution in [0.3, 0.4) is 0 Å². The average Bonchev–Trinajstić information content (AvgIpc) is 2.62. The highest BCUT2D eigenvalue weighted by Gasteiger charge is 2.30. The van der Waals surface area contributed by atoms with Crippen LogP contribution in [0.1, 0.15) is 32.6 Å². The second-order valence-corrected chi connectivity index (χ2v) is 4.22. The number of hydrogen-bond acceptors (Lipinski definition) is 2. The molecule has 2 rings (SSSR count). The first-order valence-electron chi connectivity index (χ1n) is 5.47. The van der Waals surface area contributed by atoms with Crippen molar-refractivity contribution in [2.24, 2.45) is 0 Å². The van der Waals surface area contributed by atoms with E-state index >= 15 is 0 Å². The van der Waals surface area contributed by atoms with Gasteiger partial charge in [-0.15, -0.1) is 0 Å². The summed E-state index contributed by atoms with van der Waals surface area (Å²) in [5, 5.41) is 2.80. The Morgan fingerprint density at radius 1 is 1.50 bits per heavy atom. The Morgan fingerprint density at radius 3 is 3.07 bits per heavy atom. The summed E-state index contributed by atoms with van der Waals surface area (Å²) in [6, 6.07) is 0.621. The highest BCUT2D eigenvalue weighted by Crippen LogP contribution is 2.30. The summed E-state index contributed by atoms with van der Waals surface area (Å²) in [6.07, 6.45) is 6.90. The van der Waals surface area contributed by atoms with Crippen molar-refractivity contribution in [2.45, 2.75) is 38.6 Å². The Bertz CT molecular complexity index is 260. The van der Waals surface area contributed by atoms with Gasteiger partial charge < -0.3 is 5.32 Å². The molecule has 3 heteroatoms. The zero-order valence-corrected chi connectivity index (χ0v) is 8.75. The molecule has 2 saturated heterocycles. The van der Waals surface area contributed by atoms with Crippen LogP contribution in [0.4, 0.5) is 0 Å². The summed E-state index contributed by atoms with van der Waals surface area (Å²) >= 11 is 0. The average molecular weight is 194 g/mol. The fourth-order valence-corrected chi connectivity index (χ4v) is 2.53. The second kappa shape index (κ2) is 4.13. The summed E-state index contributed by atoms with van der Waals surface area (Å²) in [4.78, 5) is 13.3. The third-order valence-corrected chi connectivity index (χ3v) is 3.16. The molecule has 78 valence electrons. The Balaban J connectivity index is 2.02. The van der Waals surface area contributed by atoms with Crippen LogP contribution in [0.5, 0.6) is 0 Å². The topological polar surface area (TPSA) is 32.3 Å². The molecule has 1 amide bonds. The highest BCUT2D eigenvalue weighted by molar-refractivity contribution is 5.74. The van der Waals surface area contributed by atoms with Crippen molar-refractivity contribution >= 4 is 5.91 Å². The van der Waals surface area contributed by atoms with Crippen LogP contribution >= 0.6 is 0 Å². The molecule has 1 atom stereocenters. The standard InChI is InChI=1S/C11H18N2O/c1-9(14)12-8-10-4-2-6-13-7-3-5-11(10)13/h8,11H,2-7H2,1H3,(H,12,14)/b10-8+/t11-/m1/s1. The molecule has 0 aromatic rings. The highest BCUT2D eigenvalue weighted by atomic mass is 16.1. The van der Waals surface area contributed by atoms with Crippen LogP contribution in [0.15, 0.2) is 11.8 Å². The van der Waals surface area contributed by atoms with Crippen LogP contribution in [-0.2, 0) is 4.79 Å². The molecule has 0 bridgehead atoms. The van der Waals surface area contributed by atoms with Crippen molar-refractivity contribution in [3.8, 4) is 0 Å². The van der Waals surface area contributed by atoms with E-state index in [4.69, 9.17) is 0 Å². The van der Waals surface area contributed by atoms with E-state index in [1.807, 2.05) is 6.20 Å². The number of nitrogens with zero attached hydrogens (tertiary/aromatic N) is 1. The second-order valence-electron chi connectivity index (χ2n) is 4.22. The smallest absolute Gasteiger partial charge is 0.220 e. The summed E-state index contributed by atoms with van der Waals surface area (Å²) in [5.41, 5.74) is 1.42. The third kappa shape index (κ3) is 1.98. The predicted molar refractivity (Wildman–Crippen MR) is 55.7 cm³/mol. The van der Waals surface area contributed by atoms with E-state index in [2.05, 4.69) is 10.2 Å². The summed E-state index contributed by atoms with van der Waals surface area (Å²) in [6.45, 7) is 4.04. The summed E-state index contributed by atoms with van der Waals surface area (Å²) in [5.74, 6) is 0.0348. The Morgan fingerprint density at radius 2 is 2.29 bits per heavy atom. The van der Waals surface area contributed by atoms with Crippen molar-refractivity contribution in [1.29, 1.82) is 0 Å². The maximum absolute atomic E-state index is 10.8. The van der Waals surface area contributed by atoms with Crippen LogP contribution in [0, 0.1) is 0 Å². The predicted octanol–water partition coefficient (Wildman–Crippen LogP) is 1.26. The van der Waals surface area contributed by atoms with Gasteiger partial charge in [0.2, 0.25) is 5.91 Å². The molecular weight excluding hydrogens is 176 g/mol. The van der Waals surface area contributed by atoms with Crippen molar-refractivity contribution in [3.05, 3.63) is 11.8 Å². The van der Waals surface area contributed by atoms with Gasteiger partial charge in [0.05, 0.1) is 0 Å². The van der Waals surface area contributed by atoms with Crippen LogP contribution in [0.25, 0.3) is 0 Å². The molecule has 2 aliphatic rings. The van der Waals surface area contributed by atoms with Gasteiger partial charge in [-0.05, 0) is 44.3 Å². The quantitative estimate of drug-likeness (QED) is 0.681. The molecule has 2 fully saturated rings. The molecule has 14 heavy (non-hydrogen) atoms. The van der Waals surface area contributed by atoms with E-state index in [1.54, 1.807) is 6.92 Å². The normalized spacial score (nSPS) is 30.4. The lowest BCUT2D eigenvalue weighted by Crippen LogP contribution is -2.36. The van der Waals surface area contributed by atoms with Crippen molar-refractivity contribution < 1.29 is 4.79 Å². The van der Waals surface area contributed by atoms with E-state index in [1.165, 1.54) is 37.9 Å². The van der Waals surface area contributed by atoms with Gasteiger partial charge >= 0.3 is 0 Å². The van der Waals surface area contributed by atoms with E-state index in [0.29, 0.717) is 6.04 Å². The largest absolute Gasteiger partial charge is 0.333 e. The summed E-state index contributed by atoms with van der Waals surface area (Å²) in [7, 11) is 0. The minimum atomic E-state index is 0.0348. The summed E-state index contributed by atoms with van der Waals surface area (Å²) < 4.78 is 0. The van der Waals surface area contributed by atoms with Gasteiger partial charge in [-0.25, -0.2) is 0 Å². The van der Waals surface area contributed by atoms with Crippen molar-refractivity contribution in [2.75, 3.05) is 13.1 Å². The number of fused-ring (bicyclic) bond motifs is 1. The molecule has 0 aromatic heterocycles. The number of amides is 1. The lowest BCUT2D eigenvalue weighted by atomic mass is 9.97. The fourth-order valence-electron chi connectivity index (χ4n) is 2.53. The molecule has 0 aromatic carbocycles. The van der Waals surface area contributed by atoms with E-state index < -0.39 is 0 Å². The van der Waals surface area contributed by atoms with Gasteiger partial charge in [0.15, 0.2) is 0 Å². The SMILES string of the molecule is CC(=O)N/C=C1\CCCN2CCC[C@H]12. The van der Waals surface area contributed by atoms with Crippen LogP contribution in [-0.4, -0.2) is 29.9 Å². The van der Waals surface area contributed by atoms with Crippen LogP contribution in [0.2, 0.25) is 0 Å². The van der Waals surface area contributed by atoms with Gasteiger partial charge in [-0.2, -0.15) is 0 Å². The molecule has 2 aliphatic heterocycles. The maximum Gasteiger partial charge on any atom is 0.220 e. The first-order chi connectivity index (χ1) is 6.77. The maximum atomic E-state index is 10.8. The van der Waals surface area contributed by atoms with Gasteiger partial charge in [0.1, 0.15) is 0 Å². The van der Waals surface area contributed by atoms with E-state index in [-0.39, 0.29) is 5.91 Å². The minimum Gasteiger partial charge on any atom is -0.333 e. The molecule has 0 radical (unpaired) electrons. The van der Waals surface area contributed by atoms with Gasteiger partial charge in [-0.1, -0.05) is 0 Å².